The van der Waals surface area contributed by atoms with Crippen molar-refractivity contribution in [2.24, 2.45) is 0 Å². The number of hydrogen-bond acceptors (Lipinski definition) is 4. The van der Waals surface area contributed by atoms with Crippen LogP contribution in [0, 0.1) is 0 Å². The van der Waals surface area contributed by atoms with Gasteiger partial charge in [0, 0.05) is 18.2 Å². The summed E-state index contributed by atoms with van der Waals surface area (Å²) in [5, 5.41) is 12.3. The standard InChI is InChI=1S/C15H18N2O3/c1-3-17(4-2)10-11-5-7-12(8-6-11)14-9-13(15(18)19)16-20-14/h5-9H,3-4,10H2,1-2H3,(H,18,19). The highest BCUT2D eigenvalue weighted by molar-refractivity contribution is 5.86. The molecule has 0 aliphatic heterocycles. The molecule has 106 valence electrons. The molecule has 20 heavy (non-hydrogen) atoms. The molecule has 5 heteroatoms. The minimum absolute atomic E-state index is 0.0767. The smallest absolute Gasteiger partial charge is 0.358 e. The van der Waals surface area contributed by atoms with Gasteiger partial charge in [-0.15, -0.1) is 0 Å². The van der Waals surface area contributed by atoms with Crippen LogP contribution >= 0.6 is 0 Å². The lowest BCUT2D eigenvalue weighted by Crippen LogP contribution is -2.21. The first kappa shape index (κ1) is 14.3. The van der Waals surface area contributed by atoms with Crippen molar-refractivity contribution in [2.75, 3.05) is 13.1 Å². The molecule has 1 aromatic carbocycles. The van der Waals surface area contributed by atoms with Crippen molar-refractivity contribution in [2.45, 2.75) is 20.4 Å². The number of carboxylic acids is 1. The fourth-order valence-electron chi connectivity index (χ4n) is 1.99. The average Bonchev–Trinajstić information content (AvgIpc) is 2.95. The van der Waals surface area contributed by atoms with Crippen molar-refractivity contribution in [3.8, 4) is 11.3 Å². The van der Waals surface area contributed by atoms with Gasteiger partial charge in [-0.25, -0.2) is 4.79 Å². The van der Waals surface area contributed by atoms with E-state index in [2.05, 4.69) is 23.9 Å². The average molecular weight is 274 g/mol. The quantitative estimate of drug-likeness (QED) is 0.877. The summed E-state index contributed by atoms with van der Waals surface area (Å²) >= 11 is 0. The summed E-state index contributed by atoms with van der Waals surface area (Å²) in [5.74, 6) is -0.616. The van der Waals surface area contributed by atoms with Crippen LogP contribution in [0.25, 0.3) is 11.3 Å². The lowest BCUT2D eigenvalue weighted by Gasteiger charge is -2.17. The van der Waals surface area contributed by atoms with Crippen molar-refractivity contribution >= 4 is 5.97 Å². The minimum atomic E-state index is -1.09. The topological polar surface area (TPSA) is 66.6 Å². The summed E-state index contributed by atoms with van der Waals surface area (Å²) in [6.45, 7) is 7.22. The lowest BCUT2D eigenvalue weighted by molar-refractivity contribution is 0.0686. The fourth-order valence-corrected chi connectivity index (χ4v) is 1.99. The number of nitrogens with zero attached hydrogens (tertiary/aromatic N) is 2. The third-order valence-corrected chi connectivity index (χ3v) is 3.27. The molecule has 0 aliphatic rings. The zero-order valence-electron chi connectivity index (χ0n) is 11.7. The Hall–Kier alpha value is -2.14. The first-order chi connectivity index (χ1) is 9.63. The number of aromatic carboxylic acids is 1. The van der Waals surface area contributed by atoms with Crippen LogP contribution in [0.5, 0.6) is 0 Å². The van der Waals surface area contributed by atoms with E-state index in [1.165, 1.54) is 11.6 Å². The number of hydrogen-bond donors (Lipinski definition) is 1. The van der Waals surface area contributed by atoms with Crippen molar-refractivity contribution in [3.63, 3.8) is 0 Å². The van der Waals surface area contributed by atoms with Crippen LogP contribution in [-0.2, 0) is 6.54 Å². The molecule has 0 spiro atoms. The summed E-state index contributed by atoms with van der Waals surface area (Å²) in [4.78, 5) is 13.1. The monoisotopic (exact) mass is 274 g/mol. The maximum absolute atomic E-state index is 10.8. The van der Waals surface area contributed by atoms with Gasteiger partial charge < -0.3 is 9.63 Å². The molecule has 0 fully saturated rings. The van der Waals surface area contributed by atoms with Crippen LogP contribution in [0.2, 0.25) is 0 Å². The molecule has 1 heterocycles. The molecule has 1 aromatic heterocycles. The van der Waals surface area contributed by atoms with E-state index in [1.54, 1.807) is 0 Å². The van der Waals surface area contributed by atoms with Crippen LogP contribution in [0.15, 0.2) is 34.9 Å². The SMILES string of the molecule is CCN(CC)Cc1ccc(-c2cc(C(=O)O)no2)cc1. The third kappa shape index (κ3) is 3.24. The first-order valence-electron chi connectivity index (χ1n) is 6.65. The Morgan fingerprint density at radius 3 is 2.40 bits per heavy atom. The van der Waals surface area contributed by atoms with Crippen molar-refractivity contribution in [3.05, 3.63) is 41.6 Å². The predicted octanol–water partition coefficient (Wildman–Crippen LogP) is 2.88. The summed E-state index contributed by atoms with van der Waals surface area (Å²) in [7, 11) is 0. The number of carboxylic acid groups (broad SMARTS) is 1. The maximum Gasteiger partial charge on any atom is 0.358 e. The van der Waals surface area contributed by atoms with E-state index in [0.29, 0.717) is 5.76 Å². The molecule has 0 aliphatic carbocycles. The molecule has 5 nitrogen and oxygen atoms in total. The van der Waals surface area contributed by atoms with Gasteiger partial charge in [0.1, 0.15) is 0 Å². The summed E-state index contributed by atoms with van der Waals surface area (Å²) in [6, 6.07) is 9.32. The maximum atomic E-state index is 10.8. The zero-order valence-corrected chi connectivity index (χ0v) is 11.7. The Morgan fingerprint density at radius 2 is 1.90 bits per heavy atom. The van der Waals surface area contributed by atoms with Gasteiger partial charge in [0.2, 0.25) is 0 Å². The fraction of sp³-hybridized carbons (Fsp3) is 0.333. The van der Waals surface area contributed by atoms with Gasteiger partial charge in [-0.05, 0) is 18.7 Å². The van der Waals surface area contributed by atoms with Gasteiger partial charge in [-0.1, -0.05) is 43.3 Å². The van der Waals surface area contributed by atoms with Crippen LogP contribution in [-0.4, -0.2) is 34.2 Å². The molecule has 0 saturated heterocycles. The van der Waals surface area contributed by atoms with Gasteiger partial charge in [-0.2, -0.15) is 0 Å². The molecule has 1 N–H and O–H groups in total. The van der Waals surface area contributed by atoms with E-state index >= 15 is 0 Å². The molecule has 0 saturated carbocycles. The summed E-state index contributed by atoms with van der Waals surface area (Å²) in [5.41, 5.74) is 1.97. The highest BCUT2D eigenvalue weighted by Gasteiger charge is 2.12. The Labute approximate surface area is 117 Å². The van der Waals surface area contributed by atoms with Crippen LogP contribution < -0.4 is 0 Å². The van der Waals surface area contributed by atoms with Gasteiger partial charge in [0.05, 0.1) is 0 Å². The Bertz CT molecular complexity index is 571. The van der Waals surface area contributed by atoms with Crippen LogP contribution in [0.1, 0.15) is 29.9 Å². The second kappa shape index (κ2) is 6.34. The second-order valence-corrected chi connectivity index (χ2v) is 4.54. The highest BCUT2D eigenvalue weighted by atomic mass is 16.5. The van der Waals surface area contributed by atoms with E-state index in [-0.39, 0.29) is 5.69 Å². The highest BCUT2D eigenvalue weighted by Crippen LogP contribution is 2.21. The van der Waals surface area contributed by atoms with E-state index < -0.39 is 5.97 Å². The lowest BCUT2D eigenvalue weighted by atomic mass is 10.1. The van der Waals surface area contributed by atoms with Gasteiger partial charge >= 0.3 is 5.97 Å². The van der Waals surface area contributed by atoms with Gasteiger partial charge in [0.25, 0.3) is 0 Å². The second-order valence-electron chi connectivity index (χ2n) is 4.54. The molecule has 2 aromatic rings. The molecule has 0 radical (unpaired) electrons. The van der Waals surface area contributed by atoms with E-state index in [0.717, 1.165) is 25.2 Å². The molecule has 0 bridgehead atoms. The zero-order chi connectivity index (χ0) is 14.5. The Kier molecular flexibility index (Phi) is 4.53. The molecular weight excluding hydrogens is 256 g/mol. The normalized spacial score (nSPS) is 10.9. The summed E-state index contributed by atoms with van der Waals surface area (Å²) < 4.78 is 5.03. The molecular formula is C15H18N2O3. The number of rotatable bonds is 6. The number of benzene rings is 1. The third-order valence-electron chi connectivity index (χ3n) is 3.27. The van der Waals surface area contributed by atoms with Crippen molar-refractivity contribution < 1.29 is 14.4 Å². The number of carbonyl (C=O) groups is 1. The molecule has 0 atom stereocenters. The Balaban J connectivity index is 2.12. The Morgan fingerprint density at radius 1 is 1.25 bits per heavy atom. The minimum Gasteiger partial charge on any atom is -0.476 e. The largest absolute Gasteiger partial charge is 0.476 e. The van der Waals surface area contributed by atoms with Crippen molar-refractivity contribution in [1.82, 2.24) is 10.1 Å². The van der Waals surface area contributed by atoms with Crippen LogP contribution in [0.4, 0.5) is 0 Å². The first-order valence-corrected chi connectivity index (χ1v) is 6.65. The molecule has 0 amide bonds. The van der Waals surface area contributed by atoms with Crippen LogP contribution in [0.3, 0.4) is 0 Å². The van der Waals surface area contributed by atoms with E-state index in [9.17, 15) is 4.79 Å². The van der Waals surface area contributed by atoms with E-state index in [4.69, 9.17) is 9.63 Å². The van der Waals surface area contributed by atoms with Gasteiger partial charge in [-0.3, -0.25) is 4.90 Å². The van der Waals surface area contributed by atoms with Crippen molar-refractivity contribution in [1.29, 1.82) is 0 Å². The molecule has 2 rings (SSSR count). The van der Waals surface area contributed by atoms with E-state index in [1.807, 2.05) is 24.3 Å². The number of aromatic nitrogens is 1. The summed E-state index contributed by atoms with van der Waals surface area (Å²) in [6.07, 6.45) is 0. The van der Waals surface area contributed by atoms with Gasteiger partial charge in [0.15, 0.2) is 11.5 Å². The predicted molar refractivity (Wildman–Crippen MR) is 75.5 cm³/mol. The molecule has 0 unspecified atom stereocenters.